The van der Waals surface area contributed by atoms with Gasteiger partial charge >= 0.3 is 6.03 Å². The van der Waals surface area contributed by atoms with E-state index in [-0.39, 0.29) is 0 Å². The zero-order chi connectivity index (χ0) is 24.4. The average molecular weight is 480 g/mol. The van der Waals surface area contributed by atoms with E-state index in [2.05, 4.69) is 20.4 Å². The van der Waals surface area contributed by atoms with E-state index in [9.17, 15) is 9.90 Å². The van der Waals surface area contributed by atoms with Crippen molar-refractivity contribution in [3.05, 3.63) is 54.1 Å². The summed E-state index contributed by atoms with van der Waals surface area (Å²) in [5.74, 6) is 0.833. The predicted octanol–water partition coefficient (Wildman–Crippen LogP) is 1.36. The van der Waals surface area contributed by atoms with Crippen molar-refractivity contribution in [1.29, 1.82) is 5.26 Å². The van der Waals surface area contributed by atoms with Gasteiger partial charge in [-0.05, 0) is 30.3 Å². The molecule has 2 aromatic rings. The molecule has 5 atom stereocenters. The normalized spacial score (nSPS) is 28.3. The number of carbonyl (C=O) groups excluding carboxylic acids is 1. The molecule has 2 amide bonds. The molecular formula is C25H29N5O5. The Labute approximate surface area is 204 Å². The Bertz CT molecular complexity index is 1100. The van der Waals surface area contributed by atoms with Crippen LogP contribution in [0.5, 0.6) is 5.75 Å². The van der Waals surface area contributed by atoms with Gasteiger partial charge in [-0.25, -0.2) is 4.79 Å². The van der Waals surface area contributed by atoms with Gasteiger partial charge in [0.2, 0.25) is 0 Å². The largest absolute Gasteiger partial charge is 0.495 e. The highest BCUT2D eigenvalue weighted by Gasteiger charge is 2.53. The van der Waals surface area contributed by atoms with Crippen LogP contribution >= 0.6 is 0 Å². The third kappa shape index (κ3) is 4.76. The molecule has 35 heavy (non-hydrogen) atoms. The Kier molecular flexibility index (Phi) is 6.74. The molecule has 3 fully saturated rings. The third-order valence-corrected chi connectivity index (χ3v) is 6.84. The van der Waals surface area contributed by atoms with Crippen LogP contribution in [-0.2, 0) is 9.47 Å². The second-order valence-corrected chi connectivity index (χ2v) is 8.87. The lowest BCUT2D eigenvalue weighted by molar-refractivity contribution is -0.181. The summed E-state index contributed by atoms with van der Waals surface area (Å²) < 4.78 is 17.4. The van der Waals surface area contributed by atoms with E-state index >= 15 is 0 Å². The number of nitrogens with one attached hydrogen (secondary N) is 2. The Morgan fingerprint density at radius 1 is 1.17 bits per heavy atom. The fraction of sp³-hybridized carbons (Fsp3) is 0.440. The highest BCUT2D eigenvalue weighted by atomic mass is 16.7. The van der Waals surface area contributed by atoms with Crippen molar-refractivity contribution in [3.63, 3.8) is 0 Å². The number of urea groups is 1. The lowest BCUT2D eigenvalue weighted by Crippen LogP contribution is -2.67. The molecule has 0 aromatic heterocycles. The summed E-state index contributed by atoms with van der Waals surface area (Å²) in [6.07, 6.45) is -1.84. The zero-order valence-electron chi connectivity index (χ0n) is 19.5. The lowest BCUT2D eigenvalue weighted by Gasteiger charge is -2.47. The van der Waals surface area contributed by atoms with E-state index in [0.29, 0.717) is 30.9 Å². The molecule has 5 rings (SSSR count). The first kappa shape index (κ1) is 23.4. The quantitative estimate of drug-likeness (QED) is 0.588. The monoisotopic (exact) mass is 479 g/mol. The highest BCUT2D eigenvalue weighted by Crippen LogP contribution is 2.33. The topological polar surface area (TPSA) is 119 Å². The maximum atomic E-state index is 12.7. The number of ether oxygens (including phenoxy) is 3. The number of hydrogen-bond donors (Lipinski definition) is 3. The summed E-state index contributed by atoms with van der Waals surface area (Å²) in [6.45, 7) is 3.22. The predicted molar refractivity (Wildman–Crippen MR) is 128 cm³/mol. The van der Waals surface area contributed by atoms with E-state index in [0.717, 1.165) is 24.5 Å². The van der Waals surface area contributed by atoms with Gasteiger partial charge in [0.25, 0.3) is 0 Å². The number of nitrogens with zero attached hydrogens (tertiary/aromatic N) is 3. The van der Waals surface area contributed by atoms with Crippen LogP contribution in [0.2, 0.25) is 0 Å². The second-order valence-electron chi connectivity index (χ2n) is 8.87. The summed E-state index contributed by atoms with van der Waals surface area (Å²) in [5.41, 5.74) is 1.99. The number of benzene rings is 2. The number of carbonyl (C=O) groups is 1. The van der Waals surface area contributed by atoms with Crippen molar-refractivity contribution in [2.45, 2.75) is 30.6 Å². The molecule has 2 aromatic carbocycles. The van der Waals surface area contributed by atoms with Crippen LogP contribution in [0, 0.1) is 11.3 Å². The van der Waals surface area contributed by atoms with Crippen LogP contribution in [0.4, 0.5) is 16.2 Å². The average Bonchev–Trinajstić information content (AvgIpc) is 3.32. The molecule has 0 spiro atoms. The Hall–Kier alpha value is -3.36. The molecule has 0 saturated carbocycles. The molecule has 10 nitrogen and oxygen atoms in total. The number of amides is 2. The second kappa shape index (κ2) is 10.1. The van der Waals surface area contributed by atoms with Crippen LogP contribution < -0.4 is 20.3 Å². The molecule has 3 aliphatic heterocycles. The number of para-hydroxylation sites is 2. The molecule has 0 aliphatic carbocycles. The molecular weight excluding hydrogens is 450 g/mol. The van der Waals surface area contributed by atoms with E-state index < -0.39 is 36.6 Å². The van der Waals surface area contributed by atoms with Gasteiger partial charge in [0.1, 0.15) is 11.9 Å². The summed E-state index contributed by atoms with van der Waals surface area (Å²) >= 11 is 0. The molecule has 3 heterocycles. The first-order valence-corrected chi connectivity index (χ1v) is 11.7. The van der Waals surface area contributed by atoms with E-state index in [1.807, 2.05) is 30.3 Å². The van der Waals surface area contributed by atoms with Crippen molar-refractivity contribution >= 4 is 17.4 Å². The van der Waals surface area contributed by atoms with Gasteiger partial charge in [0.15, 0.2) is 6.29 Å². The molecule has 3 aliphatic rings. The van der Waals surface area contributed by atoms with Crippen molar-refractivity contribution in [2.24, 2.45) is 0 Å². The minimum absolute atomic E-state index is 0.300. The van der Waals surface area contributed by atoms with Crippen LogP contribution in [0.3, 0.4) is 0 Å². The standard InChI is InChI=1S/C25H29N5O5/c1-33-19-8-3-2-7-18(19)29-9-11-30(12-10-29)22-23(31)21(20-15-34-24(22)35-20)28-25(32)27-17-6-4-5-16(13-17)14-26/h2-8,13,20-24,31H,9-12,15H2,1H3,(H2,27,28,32)/t20-,21+,22-,23-,24+/m0/s1. The SMILES string of the molecule is COc1ccccc1N1CCN([C@@H]2[C@@H]3OC[C@H](O3)[C@@H](NC(=O)Nc3cccc(C#N)c3)[C@@H]2O)CC1. The maximum absolute atomic E-state index is 12.7. The highest BCUT2D eigenvalue weighted by molar-refractivity contribution is 5.89. The zero-order valence-corrected chi connectivity index (χ0v) is 19.5. The number of aliphatic hydroxyl groups is 1. The number of fused-ring (bicyclic) bond motifs is 2. The van der Waals surface area contributed by atoms with Crippen LogP contribution in [-0.4, -0.2) is 86.5 Å². The number of nitriles is 1. The molecule has 2 bridgehead atoms. The van der Waals surface area contributed by atoms with Crippen molar-refractivity contribution < 1.29 is 24.1 Å². The van der Waals surface area contributed by atoms with Gasteiger partial charge in [-0.3, -0.25) is 4.90 Å². The third-order valence-electron chi connectivity index (χ3n) is 6.84. The molecule has 184 valence electrons. The summed E-state index contributed by atoms with van der Waals surface area (Å²) in [5, 5.41) is 26.0. The molecule has 3 saturated heterocycles. The Morgan fingerprint density at radius 2 is 1.97 bits per heavy atom. The molecule has 0 radical (unpaired) electrons. The van der Waals surface area contributed by atoms with E-state index in [1.54, 1.807) is 31.4 Å². The van der Waals surface area contributed by atoms with Crippen molar-refractivity contribution in [3.8, 4) is 11.8 Å². The number of hydrogen-bond acceptors (Lipinski definition) is 8. The number of methoxy groups -OCH3 is 1. The first-order valence-electron chi connectivity index (χ1n) is 11.7. The van der Waals surface area contributed by atoms with E-state index in [1.165, 1.54) is 0 Å². The van der Waals surface area contributed by atoms with Gasteiger partial charge in [0, 0.05) is 31.9 Å². The first-order chi connectivity index (χ1) is 17.1. The van der Waals surface area contributed by atoms with Gasteiger partial charge in [-0.2, -0.15) is 5.26 Å². The fourth-order valence-electron chi connectivity index (χ4n) is 5.10. The van der Waals surface area contributed by atoms with Gasteiger partial charge < -0.3 is 34.9 Å². The minimum Gasteiger partial charge on any atom is -0.495 e. The maximum Gasteiger partial charge on any atom is 0.319 e. The minimum atomic E-state index is -0.866. The van der Waals surface area contributed by atoms with Gasteiger partial charge in [0.05, 0.1) is 49.2 Å². The van der Waals surface area contributed by atoms with Gasteiger partial charge in [-0.1, -0.05) is 18.2 Å². The number of piperazine rings is 1. The van der Waals surface area contributed by atoms with E-state index in [4.69, 9.17) is 19.5 Å². The molecule has 10 heteroatoms. The molecule has 0 unspecified atom stereocenters. The Morgan fingerprint density at radius 3 is 2.74 bits per heavy atom. The molecule has 3 N–H and O–H groups in total. The number of rotatable bonds is 5. The smallest absolute Gasteiger partial charge is 0.319 e. The summed E-state index contributed by atoms with van der Waals surface area (Å²) in [4.78, 5) is 17.1. The summed E-state index contributed by atoms with van der Waals surface area (Å²) in [7, 11) is 1.67. The van der Waals surface area contributed by atoms with Gasteiger partial charge in [-0.15, -0.1) is 0 Å². The van der Waals surface area contributed by atoms with Crippen LogP contribution in [0.15, 0.2) is 48.5 Å². The van der Waals surface area contributed by atoms with Crippen molar-refractivity contribution in [1.82, 2.24) is 10.2 Å². The Balaban J connectivity index is 1.23. The van der Waals surface area contributed by atoms with Crippen LogP contribution in [0.25, 0.3) is 0 Å². The fourth-order valence-corrected chi connectivity index (χ4v) is 5.10. The number of aliphatic hydroxyl groups excluding tert-OH is 1. The summed E-state index contributed by atoms with van der Waals surface area (Å²) in [6, 6.07) is 15.1. The van der Waals surface area contributed by atoms with Crippen molar-refractivity contribution in [2.75, 3.05) is 50.1 Å². The number of anilines is 2. The lowest BCUT2D eigenvalue weighted by atomic mass is 9.94. The van der Waals surface area contributed by atoms with Crippen LogP contribution in [0.1, 0.15) is 5.56 Å².